The number of alkyl halides is 3. The number of rotatable bonds is 1. The van der Waals surface area contributed by atoms with Gasteiger partial charge in [-0.05, 0) is 12.1 Å². The minimum absolute atomic E-state index is 0. The molecule has 8 heteroatoms. The molecule has 92 valence electrons. The molecule has 0 saturated carbocycles. The van der Waals surface area contributed by atoms with Crippen molar-refractivity contribution in [2.45, 2.75) is 12.2 Å². The Bertz CT molecular complexity index is 384. The third kappa shape index (κ3) is 2.61. The molecule has 1 aromatic carbocycles. The van der Waals surface area contributed by atoms with E-state index >= 15 is 0 Å². The maximum absolute atomic E-state index is 12.2. The highest BCUT2D eigenvalue weighted by atomic mass is 35.5. The number of halogens is 4. The van der Waals surface area contributed by atoms with Crippen molar-refractivity contribution in [3.63, 3.8) is 0 Å². The highest BCUT2D eigenvalue weighted by molar-refractivity contribution is 5.85. The van der Waals surface area contributed by atoms with Crippen LogP contribution < -0.4 is 5.73 Å². The molecule has 0 aliphatic heterocycles. The molecule has 0 unspecified atom stereocenters. The maximum atomic E-state index is 12.2. The van der Waals surface area contributed by atoms with Gasteiger partial charge in [0.25, 0.3) is 0 Å². The first-order valence-electron chi connectivity index (χ1n) is 3.81. The second-order valence-corrected chi connectivity index (χ2v) is 2.89. The van der Waals surface area contributed by atoms with Crippen LogP contribution in [0.4, 0.5) is 13.2 Å². The molecule has 0 radical (unpaired) electrons. The minimum atomic E-state index is -4.74. The standard InChI is InChI=1S/C8H8F3NO3.ClH/c9-8(10,11)7(12)3-1-2-4(13)6(15)5(3)14;/h1-2,7,13-15H,12H2;1H/t7-;/m1./s1. The molecule has 0 aliphatic rings. The number of phenolic OH excluding ortho intramolecular Hbond substituents is 3. The summed E-state index contributed by atoms with van der Waals surface area (Å²) in [5, 5.41) is 27.0. The van der Waals surface area contributed by atoms with Crippen molar-refractivity contribution in [3.8, 4) is 17.2 Å². The summed E-state index contributed by atoms with van der Waals surface area (Å²) >= 11 is 0. The zero-order valence-electron chi connectivity index (χ0n) is 7.69. The quantitative estimate of drug-likeness (QED) is 0.579. The number of phenols is 3. The fourth-order valence-corrected chi connectivity index (χ4v) is 1.01. The van der Waals surface area contributed by atoms with Gasteiger partial charge in [0, 0.05) is 5.56 Å². The van der Waals surface area contributed by atoms with Gasteiger partial charge >= 0.3 is 6.18 Å². The summed E-state index contributed by atoms with van der Waals surface area (Å²) in [6.45, 7) is 0. The van der Waals surface area contributed by atoms with Crippen LogP contribution in [0.15, 0.2) is 12.1 Å². The van der Waals surface area contributed by atoms with Gasteiger partial charge in [0.05, 0.1) is 0 Å². The molecule has 0 fully saturated rings. The molecular formula is C8H9ClF3NO3. The lowest BCUT2D eigenvalue weighted by atomic mass is 10.1. The summed E-state index contributed by atoms with van der Waals surface area (Å²) in [5.74, 6) is -2.81. The maximum Gasteiger partial charge on any atom is 0.407 e. The Balaban J connectivity index is 0.00000225. The summed E-state index contributed by atoms with van der Waals surface area (Å²) in [6.07, 6.45) is -4.74. The summed E-state index contributed by atoms with van der Waals surface area (Å²) < 4.78 is 36.5. The van der Waals surface area contributed by atoms with E-state index < -0.39 is 35.0 Å². The van der Waals surface area contributed by atoms with Crippen molar-refractivity contribution in [1.82, 2.24) is 0 Å². The van der Waals surface area contributed by atoms with E-state index in [0.29, 0.717) is 0 Å². The van der Waals surface area contributed by atoms with Gasteiger partial charge in [0.2, 0.25) is 5.75 Å². The monoisotopic (exact) mass is 259 g/mol. The molecule has 0 heterocycles. The summed E-state index contributed by atoms with van der Waals surface area (Å²) in [5.41, 5.74) is 4.12. The lowest BCUT2D eigenvalue weighted by molar-refractivity contribution is -0.149. The van der Waals surface area contributed by atoms with Gasteiger partial charge in [-0.2, -0.15) is 13.2 Å². The first-order chi connectivity index (χ1) is 6.75. The lowest BCUT2D eigenvalue weighted by Crippen LogP contribution is -2.28. The van der Waals surface area contributed by atoms with Crippen LogP contribution in [0.3, 0.4) is 0 Å². The van der Waals surface area contributed by atoms with Crippen LogP contribution >= 0.6 is 12.4 Å². The molecule has 0 aromatic heterocycles. The van der Waals surface area contributed by atoms with Gasteiger partial charge in [0.1, 0.15) is 6.04 Å². The van der Waals surface area contributed by atoms with E-state index in [1.165, 1.54) is 0 Å². The van der Waals surface area contributed by atoms with Crippen LogP contribution in [-0.2, 0) is 0 Å². The lowest BCUT2D eigenvalue weighted by Gasteiger charge is -2.17. The smallest absolute Gasteiger partial charge is 0.407 e. The first-order valence-corrected chi connectivity index (χ1v) is 3.81. The van der Waals surface area contributed by atoms with Crippen LogP contribution in [-0.4, -0.2) is 21.5 Å². The SMILES string of the molecule is Cl.N[C@H](c1ccc(O)c(O)c1O)C(F)(F)F. The van der Waals surface area contributed by atoms with E-state index in [9.17, 15) is 13.2 Å². The topological polar surface area (TPSA) is 86.7 Å². The normalized spacial score (nSPS) is 13.0. The molecule has 1 rings (SSSR count). The highest BCUT2D eigenvalue weighted by Crippen LogP contribution is 2.42. The average molecular weight is 260 g/mol. The highest BCUT2D eigenvalue weighted by Gasteiger charge is 2.39. The van der Waals surface area contributed by atoms with Crippen molar-refractivity contribution in [2.24, 2.45) is 5.73 Å². The van der Waals surface area contributed by atoms with Gasteiger partial charge in [-0.25, -0.2) is 0 Å². The van der Waals surface area contributed by atoms with Gasteiger partial charge < -0.3 is 21.1 Å². The van der Waals surface area contributed by atoms with E-state index in [0.717, 1.165) is 12.1 Å². The third-order valence-corrected chi connectivity index (χ3v) is 1.85. The molecule has 1 aromatic rings. The van der Waals surface area contributed by atoms with Gasteiger partial charge in [0.15, 0.2) is 11.5 Å². The van der Waals surface area contributed by atoms with Crippen molar-refractivity contribution in [2.75, 3.05) is 0 Å². The van der Waals surface area contributed by atoms with Gasteiger partial charge in [-0.3, -0.25) is 0 Å². The Labute approximate surface area is 94.5 Å². The number of hydrogen-bond donors (Lipinski definition) is 4. The molecule has 4 nitrogen and oxygen atoms in total. The predicted molar refractivity (Wildman–Crippen MR) is 51.7 cm³/mol. The van der Waals surface area contributed by atoms with Crippen LogP contribution in [0.25, 0.3) is 0 Å². The van der Waals surface area contributed by atoms with E-state index in [1.807, 2.05) is 0 Å². The van der Waals surface area contributed by atoms with Crippen LogP contribution in [0.2, 0.25) is 0 Å². The molecule has 16 heavy (non-hydrogen) atoms. The Morgan fingerprint density at radius 1 is 1.06 bits per heavy atom. The second kappa shape index (κ2) is 4.67. The Morgan fingerprint density at radius 2 is 1.56 bits per heavy atom. The Kier molecular flexibility index (Phi) is 4.28. The van der Waals surface area contributed by atoms with Crippen molar-refractivity contribution in [1.29, 1.82) is 0 Å². The van der Waals surface area contributed by atoms with Crippen LogP contribution in [0.1, 0.15) is 11.6 Å². The Hall–Kier alpha value is -1.34. The van der Waals surface area contributed by atoms with E-state index in [4.69, 9.17) is 21.1 Å². The van der Waals surface area contributed by atoms with Crippen molar-refractivity contribution >= 4 is 12.4 Å². The molecule has 0 bridgehead atoms. The van der Waals surface area contributed by atoms with Gasteiger partial charge in [-0.1, -0.05) is 0 Å². The molecule has 0 spiro atoms. The first kappa shape index (κ1) is 14.7. The number of nitrogens with two attached hydrogens (primary N) is 1. The van der Waals surface area contributed by atoms with Crippen LogP contribution in [0, 0.1) is 0 Å². The second-order valence-electron chi connectivity index (χ2n) is 2.89. The fourth-order valence-electron chi connectivity index (χ4n) is 1.01. The largest absolute Gasteiger partial charge is 0.504 e. The Morgan fingerprint density at radius 3 is 2.00 bits per heavy atom. The summed E-state index contributed by atoms with van der Waals surface area (Å²) in [6, 6.07) is -0.803. The van der Waals surface area contributed by atoms with Gasteiger partial charge in [-0.15, -0.1) is 12.4 Å². The van der Waals surface area contributed by atoms with Crippen molar-refractivity contribution < 1.29 is 28.5 Å². The molecule has 0 aliphatic carbocycles. The summed E-state index contributed by atoms with van der Waals surface area (Å²) in [4.78, 5) is 0. The van der Waals surface area contributed by atoms with Crippen molar-refractivity contribution in [3.05, 3.63) is 17.7 Å². The zero-order chi connectivity index (χ0) is 11.8. The number of benzene rings is 1. The van der Waals surface area contributed by atoms with E-state index in [1.54, 1.807) is 0 Å². The number of hydrogen-bond acceptors (Lipinski definition) is 4. The van der Waals surface area contributed by atoms with Crippen LogP contribution in [0.5, 0.6) is 17.2 Å². The molecule has 1 atom stereocenters. The molecule has 0 saturated heterocycles. The molecule has 0 amide bonds. The number of aromatic hydroxyl groups is 3. The fraction of sp³-hybridized carbons (Fsp3) is 0.250. The zero-order valence-corrected chi connectivity index (χ0v) is 8.51. The minimum Gasteiger partial charge on any atom is -0.504 e. The molecule has 5 N–H and O–H groups in total. The average Bonchev–Trinajstić information content (AvgIpc) is 2.12. The third-order valence-electron chi connectivity index (χ3n) is 1.85. The molecular weight excluding hydrogens is 251 g/mol. The van der Waals surface area contributed by atoms with E-state index in [-0.39, 0.29) is 12.4 Å². The summed E-state index contributed by atoms with van der Waals surface area (Å²) in [7, 11) is 0. The van der Waals surface area contributed by atoms with E-state index in [2.05, 4.69) is 0 Å². The predicted octanol–water partition coefficient (Wildman–Crippen LogP) is 1.79.